The Bertz CT molecular complexity index is 541. The van der Waals surface area contributed by atoms with E-state index in [1.807, 2.05) is 0 Å². The molecule has 6 heteroatoms. The predicted molar refractivity (Wildman–Crippen MR) is 74.1 cm³/mol. The fourth-order valence-electron chi connectivity index (χ4n) is 1.47. The molecule has 19 heavy (non-hydrogen) atoms. The summed E-state index contributed by atoms with van der Waals surface area (Å²) in [6.07, 6.45) is 1.22. The second-order valence-corrected chi connectivity index (χ2v) is 5.97. The van der Waals surface area contributed by atoms with Gasteiger partial charge in [-0.1, -0.05) is 43.3 Å². The van der Waals surface area contributed by atoms with Crippen LogP contribution in [0.4, 0.5) is 4.39 Å². The van der Waals surface area contributed by atoms with Crippen molar-refractivity contribution in [3.05, 3.63) is 40.5 Å². The third-order valence-corrected chi connectivity index (χ3v) is 4.17. The molecule has 0 radical (unpaired) electrons. The molecule has 0 saturated heterocycles. The van der Waals surface area contributed by atoms with Crippen molar-refractivity contribution in [3.8, 4) is 0 Å². The molecule has 1 atom stereocenters. The fraction of sp³-hybridized carbons (Fsp3) is 0.385. The molecular weight excluding hydrogens is 287 g/mol. The Balaban J connectivity index is 2.12. The molecule has 0 spiro atoms. The van der Waals surface area contributed by atoms with Crippen LogP contribution >= 0.6 is 23.4 Å². The number of aromatic nitrogens is 2. The van der Waals surface area contributed by atoms with Crippen molar-refractivity contribution in [1.29, 1.82) is 0 Å². The van der Waals surface area contributed by atoms with Crippen LogP contribution in [0.15, 0.2) is 27.8 Å². The summed E-state index contributed by atoms with van der Waals surface area (Å²) in [7, 11) is 0. The summed E-state index contributed by atoms with van der Waals surface area (Å²) in [6.45, 7) is 4.18. The Hall–Kier alpha value is -1.07. The zero-order chi connectivity index (χ0) is 13.8. The second-order valence-electron chi connectivity index (χ2n) is 4.18. The molecule has 0 amide bonds. The quantitative estimate of drug-likeness (QED) is 0.770. The molecule has 0 saturated carbocycles. The molecule has 0 aliphatic heterocycles. The number of halogens is 2. The van der Waals surface area contributed by atoms with Crippen LogP contribution in [0.1, 0.15) is 31.7 Å². The molecule has 0 bridgehead atoms. The zero-order valence-electron chi connectivity index (χ0n) is 10.7. The number of benzene rings is 1. The third-order valence-electron chi connectivity index (χ3n) is 2.71. The van der Waals surface area contributed by atoms with E-state index < -0.39 is 0 Å². The van der Waals surface area contributed by atoms with Crippen LogP contribution in [0.3, 0.4) is 0 Å². The van der Waals surface area contributed by atoms with E-state index in [4.69, 9.17) is 16.0 Å². The molecule has 1 heterocycles. The lowest BCUT2D eigenvalue weighted by atomic mass is 10.1. The lowest BCUT2D eigenvalue weighted by Gasteiger charge is -2.03. The summed E-state index contributed by atoms with van der Waals surface area (Å²) in [5.74, 6) is 0.0135. The summed E-state index contributed by atoms with van der Waals surface area (Å²) in [4.78, 5) is 0. The Morgan fingerprint density at radius 2 is 2.21 bits per heavy atom. The average molecular weight is 301 g/mol. The van der Waals surface area contributed by atoms with Gasteiger partial charge in [-0.3, -0.25) is 0 Å². The second kappa shape index (κ2) is 6.39. The average Bonchev–Trinajstić information content (AvgIpc) is 2.81. The summed E-state index contributed by atoms with van der Waals surface area (Å²) in [5, 5.41) is 9.15. The Morgan fingerprint density at radius 1 is 1.42 bits per heavy atom. The summed E-state index contributed by atoms with van der Waals surface area (Å²) >= 11 is 7.47. The van der Waals surface area contributed by atoms with Crippen LogP contribution in [0.25, 0.3) is 0 Å². The first kappa shape index (κ1) is 14.3. The normalized spacial score (nSPS) is 12.6. The minimum absolute atomic E-state index is 0.208. The zero-order valence-corrected chi connectivity index (χ0v) is 12.3. The van der Waals surface area contributed by atoms with Crippen molar-refractivity contribution in [3.63, 3.8) is 0 Å². The molecule has 1 aromatic carbocycles. The molecule has 0 aliphatic carbocycles. The van der Waals surface area contributed by atoms with E-state index in [1.54, 1.807) is 12.1 Å². The minimum Gasteiger partial charge on any atom is -0.416 e. The number of nitrogens with zero attached hydrogens (tertiary/aromatic N) is 2. The topological polar surface area (TPSA) is 38.9 Å². The van der Waals surface area contributed by atoms with Crippen LogP contribution in [-0.2, 0) is 6.42 Å². The molecule has 2 rings (SSSR count). The van der Waals surface area contributed by atoms with Crippen LogP contribution in [0.2, 0.25) is 5.02 Å². The van der Waals surface area contributed by atoms with Crippen molar-refractivity contribution < 1.29 is 8.81 Å². The van der Waals surface area contributed by atoms with Gasteiger partial charge in [0.1, 0.15) is 5.82 Å². The first-order valence-corrected chi connectivity index (χ1v) is 7.27. The molecule has 0 aliphatic rings. The van der Waals surface area contributed by atoms with Gasteiger partial charge in [-0.15, -0.1) is 10.2 Å². The van der Waals surface area contributed by atoms with Gasteiger partial charge in [-0.2, -0.15) is 0 Å². The van der Waals surface area contributed by atoms with E-state index in [1.165, 1.54) is 17.8 Å². The summed E-state index contributed by atoms with van der Waals surface area (Å²) in [6, 6.07) is 4.58. The third kappa shape index (κ3) is 3.70. The number of hydrogen-bond donors (Lipinski definition) is 0. The highest BCUT2D eigenvalue weighted by Gasteiger charge is 2.14. The SMILES string of the molecule is CCC(C)Sc1nnc(Cc2c(F)cccc2Cl)o1. The largest absolute Gasteiger partial charge is 0.416 e. The Labute approximate surface area is 120 Å². The first-order chi connectivity index (χ1) is 9.10. The maximum absolute atomic E-state index is 13.6. The van der Waals surface area contributed by atoms with Gasteiger partial charge in [0.25, 0.3) is 5.22 Å². The van der Waals surface area contributed by atoms with Gasteiger partial charge in [0, 0.05) is 15.8 Å². The monoisotopic (exact) mass is 300 g/mol. The molecular formula is C13H14ClFN2OS. The van der Waals surface area contributed by atoms with E-state index in [0.717, 1.165) is 6.42 Å². The maximum Gasteiger partial charge on any atom is 0.276 e. The lowest BCUT2D eigenvalue weighted by Crippen LogP contribution is -1.94. The van der Waals surface area contributed by atoms with Crippen LogP contribution in [0, 0.1) is 5.82 Å². The van der Waals surface area contributed by atoms with Crippen molar-refractivity contribution in [2.75, 3.05) is 0 Å². The Morgan fingerprint density at radius 3 is 2.89 bits per heavy atom. The lowest BCUT2D eigenvalue weighted by molar-refractivity contribution is 0.417. The van der Waals surface area contributed by atoms with Crippen LogP contribution in [-0.4, -0.2) is 15.4 Å². The highest BCUT2D eigenvalue weighted by molar-refractivity contribution is 7.99. The van der Waals surface area contributed by atoms with Gasteiger partial charge in [-0.25, -0.2) is 4.39 Å². The van der Waals surface area contributed by atoms with E-state index in [-0.39, 0.29) is 12.2 Å². The van der Waals surface area contributed by atoms with Gasteiger partial charge in [0.2, 0.25) is 5.89 Å². The smallest absolute Gasteiger partial charge is 0.276 e. The molecule has 3 nitrogen and oxygen atoms in total. The molecule has 1 aromatic heterocycles. The van der Waals surface area contributed by atoms with E-state index in [2.05, 4.69) is 24.0 Å². The highest BCUT2D eigenvalue weighted by atomic mass is 35.5. The standard InChI is InChI=1S/C13H14ClFN2OS/c1-3-8(2)19-13-17-16-12(18-13)7-9-10(14)5-4-6-11(9)15/h4-6,8H,3,7H2,1-2H3. The number of thioether (sulfide) groups is 1. The molecule has 0 fully saturated rings. The van der Waals surface area contributed by atoms with Gasteiger partial charge in [0.15, 0.2) is 0 Å². The van der Waals surface area contributed by atoms with Gasteiger partial charge >= 0.3 is 0 Å². The van der Waals surface area contributed by atoms with E-state index in [0.29, 0.717) is 26.9 Å². The fourth-order valence-corrected chi connectivity index (χ4v) is 2.44. The van der Waals surface area contributed by atoms with E-state index in [9.17, 15) is 4.39 Å². The first-order valence-electron chi connectivity index (χ1n) is 6.02. The van der Waals surface area contributed by atoms with Crippen LogP contribution in [0.5, 0.6) is 0 Å². The summed E-state index contributed by atoms with van der Waals surface area (Å²) < 4.78 is 19.1. The van der Waals surface area contributed by atoms with E-state index >= 15 is 0 Å². The van der Waals surface area contributed by atoms with Crippen molar-refractivity contribution in [2.45, 2.75) is 37.2 Å². The maximum atomic E-state index is 13.6. The molecule has 1 unspecified atom stereocenters. The van der Waals surface area contributed by atoms with Crippen molar-refractivity contribution in [1.82, 2.24) is 10.2 Å². The molecule has 0 N–H and O–H groups in total. The number of hydrogen-bond acceptors (Lipinski definition) is 4. The predicted octanol–water partition coefficient (Wildman–Crippen LogP) is 4.34. The molecule has 2 aromatic rings. The van der Waals surface area contributed by atoms with Crippen molar-refractivity contribution >= 4 is 23.4 Å². The molecule has 102 valence electrons. The van der Waals surface area contributed by atoms with Gasteiger partial charge in [0.05, 0.1) is 6.42 Å². The summed E-state index contributed by atoms with van der Waals surface area (Å²) in [5.41, 5.74) is 0.382. The van der Waals surface area contributed by atoms with Crippen LogP contribution < -0.4 is 0 Å². The number of rotatable bonds is 5. The van der Waals surface area contributed by atoms with Gasteiger partial charge < -0.3 is 4.42 Å². The highest BCUT2D eigenvalue weighted by Crippen LogP contribution is 2.26. The Kier molecular flexibility index (Phi) is 4.82. The van der Waals surface area contributed by atoms with Gasteiger partial charge in [-0.05, 0) is 18.6 Å². The van der Waals surface area contributed by atoms with Crippen molar-refractivity contribution in [2.24, 2.45) is 0 Å². The minimum atomic E-state index is -0.359.